The van der Waals surface area contributed by atoms with Crippen molar-refractivity contribution in [2.45, 2.75) is 20.0 Å². The summed E-state index contributed by atoms with van der Waals surface area (Å²) in [4.78, 5) is 12.3. The van der Waals surface area contributed by atoms with Crippen LogP contribution in [0.1, 0.15) is 12.5 Å². The number of aryl methyl sites for hydroxylation is 1. The van der Waals surface area contributed by atoms with Gasteiger partial charge < -0.3 is 10.1 Å². The molecule has 2 aromatic carbocycles. The lowest BCUT2D eigenvalue weighted by atomic mass is 10.2. The van der Waals surface area contributed by atoms with E-state index in [4.69, 9.17) is 4.74 Å². The fourth-order valence-corrected chi connectivity index (χ4v) is 2.64. The third-order valence-corrected chi connectivity index (χ3v) is 4.95. The highest BCUT2D eigenvalue weighted by atomic mass is 32.2. The van der Waals surface area contributed by atoms with E-state index in [2.05, 4.69) is 5.32 Å². The molecule has 2 rings (SSSR count). The van der Waals surface area contributed by atoms with Crippen LogP contribution in [0.15, 0.2) is 48.5 Å². The third kappa shape index (κ3) is 4.96. The molecule has 0 heterocycles. The molecule has 1 unspecified atom stereocenters. The standard InChI is InChI=1S/C18H22N2O4S/c1-13-8-5-6-11-17(13)24-14(2)18(21)19-15-9-7-10-16(12-15)20(3)25(4,22)23/h5-12,14H,1-4H3,(H,19,21). The van der Waals surface area contributed by atoms with Gasteiger partial charge in [-0.3, -0.25) is 9.10 Å². The van der Waals surface area contributed by atoms with E-state index in [1.807, 2.05) is 25.1 Å². The summed E-state index contributed by atoms with van der Waals surface area (Å²) < 4.78 is 30.1. The van der Waals surface area contributed by atoms with E-state index in [0.29, 0.717) is 17.1 Å². The van der Waals surface area contributed by atoms with Gasteiger partial charge in [0.15, 0.2) is 6.10 Å². The summed E-state index contributed by atoms with van der Waals surface area (Å²) in [5.74, 6) is 0.332. The van der Waals surface area contributed by atoms with Gasteiger partial charge in [-0.25, -0.2) is 8.42 Å². The van der Waals surface area contributed by atoms with Crippen molar-refractivity contribution in [2.24, 2.45) is 0 Å². The van der Waals surface area contributed by atoms with Gasteiger partial charge in [0, 0.05) is 12.7 Å². The topological polar surface area (TPSA) is 75.7 Å². The molecule has 0 aliphatic carbocycles. The number of anilines is 2. The molecular weight excluding hydrogens is 340 g/mol. The Morgan fingerprint density at radius 1 is 1.16 bits per heavy atom. The van der Waals surface area contributed by atoms with E-state index in [-0.39, 0.29) is 5.91 Å². The molecule has 0 aromatic heterocycles. The fraction of sp³-hybridized carbons (Fsp3) is 0.278. The molecule has 6 nitrogen and oxygen atoms in total. The number of hydrogen-bond acceptors (Lipinski definition) is 4. The number of benzene rings is 2. The molecule has 0 spiro atoms. The van der Waals surface area contributed by atoms with Crippen molar-refractivity contribution in [3.05, 3.63) is 54.1 Å². The summed E-state index contributed by atoms with van der Waals surface area (Å²) in [7, 11) is -1.91. The van der Waals surface area contributed by atoms with Crippen LogP contribution in [-0.4, -0.2) is 33.7 Å². The van der Waals surface area contributed by atoms with Crippen LogP contribution < -0.4 is 14.4 Å². The second kappa shape index (κ2) is 7.57. The summed E-state index contributed by atoms with van der Waals surface area (Å²) in [5.41, 5.74) is 1.91. The van der Waals surface area contributed by atoms with E-state index >= 15 is 0 Å². The Labute approximate surface area is 148 Å². The lowest BCUT2D eigenvalue weighted by Crippen LogP contribution is -2.30. The molecule has 25 heavy (non-hydrogen) atoms. The number of ether oxygens (including phenoxy) is 1. The number of para-hydroxylation sites is 1. The Balaban J connectivity index is 2.09. The molecule has 0 saturated heterocycles. The fourth-order valence-electron chi connectivity index (χ4n) is 2.15. The number of nitrogens with zero attached hydrogens (tertiary/aromatic N) is 1. The van der Waals surface area contributed by atoms with Gasteiger partial charge in [-0.05, 0) is 43.7 Å². The maximum atomic E-state index is 12.3. The average Bonchev–Trinajstić information content (AvgIpc) is 2.55. The zero-order valence-corrected chi connectivity index (χ0v) is 15.5. The number of sulfonamides is 1. The van der Waals surface area contributed by atoms with Gasteiger partial charge in [0.1, 0.15) is 5.75 Å². The first-order valence-corrected chi connectivity index (χ1v) is 9.60. The Morgan fingerprint density at radius 2 is 1.84 bits per heavy atom. The Morgan fingerprint density at radius 3 is 2.48 bits per heavy atom. The van der Waals surface area contributed by atoms with Crippen LogP contribution in [0.5, 0.6) is 5.75 Å². The van der Waals surface area contributed by atoms with Gasteiger partial charge in [-0.1, -0.05) is 24.3 Å². The lowest BCUT2D eigenvalue weighted by molar-refractivity contribution is -0.122. The minimum absolute atomic E-state index is 0.317. The first-order valence-electron chi connectivity index (χ1n) is 7.75. The van der Waals surface area contributed by atoms with Gasteiger partial charge in [0.2, 0.25) is 10.0 Å². The largest absolute Gasteiger partial charge is 0.481 e. The van der Waals surface area contributed by atoms with Gasteiger partial charge in [-0.15, -0.1) is 0 Å². The van der Waals surface area contributed by atoms with Gasteiger partial charge in [0.25, 0.3) is 5.91 Å². The minimum Gasteiger partial charge on any atom is -0.481 e. The van der Waals surface area contributed by atoms with Crippen molar-refractivity contribution in [3.8, 4) is 5.75 Å². The Bertz CT molecular complexity index is 865. The van der Waals surface area contributed by atoms with Crippen LogP contribution in [-0.2, 0) is 14.8 Å². The summed E-state index contributed by atoms with van der Waals surface area (Å²) in [6.45, 7) is 3.57. The molecule has 1 amide bonds. The highest BCUT2D eigenvalue weighted by Crippen LogP contribution is 2.21. The molecule has 1 N–H and O–H groups in total. The molecule has 0 aliphatic rings. The maximum absolute atomic E-state index is 12.3. The predicted octanol–water partition coefficient (Wildman–Crippen LogP) is 2.80. The maximum Gasteiger partial charge on any atom is 0.265 e. The number of carbonyl (C=O) groups excluding carboxylic acids is 1. The van der Waals surface area contributed by atoms with Crippen LogP contribution in [0.3, 0.4) is 0 Å². The highest BCUT2D eigenvalue weighted by Gasteiger charge is 2.17. The zero-order valence-electron chi connectivity index (χ0n) is 14.7. The van der Waals surface area contributed by atoms with Gasteiger partial charge in [0.05, 0.1) is 11.9 Å². The van der Waals surface area contributed by atoms with E-state index < -0.39 is 16.1 Å². The summed E-state index contributed by atoms with van der Waals surface area (Å²) >= 11 is 0. The van der Waals surface area contributed by atoms with Gasteiger partial charge in [-0.2, -0.15) is 0 Å². The zero-order chi connectivity index (χ0) is 18.6. The Hall–Kier alpha value is -2.54. The normalized spacial score (nSPS) is 12.3. The second-order valence-electron chi connectivity index (χ2n) is 5.80. The molecule has 0 saturated carbocycles. The number of amides is 1. The summed E-state index contributed by atoms with van der Waals surface area (Å²) in [6.07, 6.45) is 0.425. The summed E-state index contributed by atoms with van der Waals surface area (Å²) in [6, 6.07) is 14.1. The summed E-state index contributed by atoms with van der Waals surface area (Å²) in [5, 5.41) is 2.74. The molecule has 0 radical (unpaired) electrons. The predicted molar refractivity (Wildman–Crippen MR) is 99.6 cm³/mol. The number of carbonyl (C=O) groups is 1. The molecule has 0 bridgehead atoms. The molecule has 0 fully saturated rings. The first-order chi connectivity index (χ1) is 11.7. The van der Waals surface area contributed by atoms with Crippen molar-refractivity contribution < 1.29 is 17.9 Å². The van der Waals surface area contributed by atoms with Crippen molar-refractivity contribution in [3.63, 3.8) is 0 Å². The highest BCUT2D eigenvalue weighted by molar-refractivity contribution is 7.92. The second-order valence-corrected chi connectivity index (χ2v) is 7.81. The quantitative estimate of drug-likeness (QED) is 0.857. The third-order valence-electron chi connectivity index (χ3n) is 3.74. The number of nitrogens with one attached hydrogen (secondary N) is 1. The first kappa shape index (κ1) is 18.8. The van der Waals surface area contributed by atoms with Crippen molar-refractivity contribution in [1.82, 2.24) is 0 Å². The molecule has 134 valence electrons. The number of hydrogen-bond donors (Lipinski definition) is 1. The van der Waals surface area contributed by atoms with E-state index in [1.54, 1.807) is 37.3 Å². The molecule has 0 aliphatic heterocycles. The smallest absolute Gasteiger partial charge is 0.265 e. The van der Waals surface area contributed by atoms with E-state index in [0.717, 1.165) is 16.1 Å². The van der Waals surface area contributed by atoms with Crippen molar-refractivity contribution in [2.75, 3.05) is 22.9 Å². The molecule has 7 heteroatoms. The Kier molecular flexibility index (Phi) is 5.69. The van der Waals surface area contributed by atoms with Crippen molar-refractivity contribution >= 4 is 27.3 Å². The average molecular weight is 362 g/mol. The molecule has 1 atom stereocenters. The van der Waals surface area contributed by atoms with Crippen LogP contribution in [0.2, 0.25) is 0 Å². The molecular formula is C18H22N2O4S. The van der Waals surface area contributed by atoms with E-state index in [1.165, 1.54) is 7.05 Å². The van der Waals surface area contributed by atoms with Crippen LogP contribution in [0, 0.1) is 6.92 Å². The van der Waals surface area contributed by atoms with Crippen molar-refractivity contribution in [1.29, 1.82) is 0 Å². The SMILES string of the molecule is Cc1ccccc1OC(C)C(=O)Nc1cccc(N(C)S(C)(=O)=O)c1. The van der Waals surface area contributed by atoms with Crippen LogP contribution in [0.25, 0.3) is 0 Å². The lowest BCUT2D eigenvalue weighted by Gasteiger charge is -2.19. The molecule has 2 aromatic rings. The minimum atomic E-state index is -3.37. The number of rotatable bonds is 6. The van der Waals surface area contributed by atoms with Gasteiger partial charge >= 0.3 is 0 Å². The van der Waals surface area contributed by atoms with E-state index in [9.17, 15) is 13.2 Å². The monoisotopic (exact) mass is 362 g/mol. The van der Waals surface area contributed by atoms with Crippen LogP contribution in [0.4, 0.5) is 11.4 Å². The van der Waals surface area contributed by atoms with Crippen LogP contribution >= 0.6 is 0 Å².